The van der Waals surface area contributed by atoms with E-state index < -0.39 is 0 Å². The number of rotatable bonds is 2. The van der Waals surface area contributed by atoms with Crippen molar-refractivity contribution in [2.24, 2.45) is 5.73 Å². The first-order valence-corrected chi connectivity index (χ1v) is 6.39. The molecule has 0 amide bonds. The second-order valence-electron chi connectivity index (χ2n) is 4.74. The zero-order chi connectivity index (χ0) is 13.3. The van der Waals surface area contributed by atoms with E-state index in [0.717, 1.165) is 18.8 Å². The molecule has 18 heavy (non-hydrogen) atoms. The molecule has 2 atom stereocenters. The van der Waals surface area contributed by atoms with Crippen LogP contribution in [0.2, 0.25) is 5.02 Å². The smallest absolute Gasteiger partial charge is 0.122 e. The van der Waals surface area contributed by atoms with E-state index in [9.17, 15) is 0 Å². The number of ether oxygens (including phenoxy) is 1. The molecule has 0 saturated carbocycles. The molecule has 1 fully saturated rings. The van der Waals surface area contributed by atoms with Gasteiger partial charge in [0.15, 0.2) is 0 Å². The van der Waals surface area contributed by atoms with Gasteiger partial charge in [0.2, 0.25) is 0 Å². The number of nitrogens with zero attached hydrogens (tertiary/aromatic N) is 1. The van der Waals surface area contributed by atoms with Crippen LogP contribution < -0.4 is 10.6 Å². The molecule has 1 aliphatic heterocycles. The van der Waals surface area contributed by atoms with Crippen molar-refractivity contribution in [2.75, 3.05) is 18.0 Å². The monoisotopic (exact) mass is 267 g/mol. The van der Waals surface area contributed by atoms with Gasteiger partial charge in [-0.2, -0.15) is 0 Å². The maximum atomic E-state index is 7.40. The molecule has 4 nitrogen and oxygen atoms in total. The first kappa shape index (κ1) is 13.2. The lowest BCUT2D eigenvalue weighted by atomic mass is 10.1. The summed E-state index contributed by atoms with van der Waals surface area (Å²) in [7, 11) is 0. The third-order valence-corrected chi connectivity index (χ3v) is 3.32. The lowest BCUT2D eigenvalue weighted by molar-refractivity contribution is -0.00520. The number of amidine groups is 1. The van der Waals surface area contributed by atoms with E-state index in [0.29, 0.717) is 10.6 Å². The number of morpholine rings is 1. The van der Waals surface area contributed by atoms with Crippen LogP contribution in [0, 0.1) is 5.41 Å². The summed E-state index contributed by atoms with van der Waals surface area (Å²) in [6.45, 7) is 5.76. The van der Waals surface area contributed by atoms with Crippen LogP contribution in [0.15, 0.2) is 18.2 Å². The van der Waals surface area contributed by atoms with E-state index in [1.807, 2.05) is 12.1 Å². The van der Waals surface area contributed by atoms with Gasteiger partial charge in [0.1, 0.15) is 5.84 Å². The molecule has 0 bridgehead atoms. The van der Waals surface area contributed by atoms with Gasteiger partial charge in [-0.3, -0.25) is 5.41 Å². The fourth-order valence-electron chi connectivity index (χ4n) is 2.31. The molecule has 0 aromatic heterocycles. The number of nitrogen functional groups attached to an aromatic ring is 1. The molecule has 2 unspecified atom stereocenters. The number of hydrogen-bond donors (Lipinski definition) is 2. The van der Waals surface area contributed by atoms with Gasteiger partial charge in [-0.15, -0.1) is 0 Å². The van der Waals surface area contributed by atoms with Crippen molar-refractivity contribution < 1.29 is 4.74 Å². The van der Waals surface area contributed by atoms with Crippen LogP contribution in [0.1, 0.15) is 19.4 Å². The Morgan fingerprint density at radius 2 is 2.00 bits per heavy atom. The van der Waals surface area contributed by atoms with Crippen molar-refractivity contribution in [3.63, 3.8) is 0 Å². The zero-order valence-electron chi connectivity index (χ0n) is 10.6. The van der Waals surface area contributed by atoms with Gasteiger partial charge in [-0.1, -0.05) is 11.6 Å². The summed E-state index contributed by atoms with van der Waals surface area (Å²) in [6.07, 6.45) is 0.384. The molecule has 0 aliphatic carbocycles. The van der Waals surface area contributed by atoms with Gasteiger partial charge in [-0.25, -0.2) is 0 Å². The SMILES string of the molecule is CC1CN(c2ccc(C(=N)N)cc2Cl)CC(C)O1. The van der Waals surface area contributed by atoms with Crippen molar-refractivity contribution in [3.8, 4) is 0 Å². The van der Waals surface area contributed by atoms with Crippen molar-refractivity contribution in [3.05, 3.63) is 28.8 Å². The van der Waals surface area contributed by atoms with E-state index in [4.69, 9.17) is 27.5 Å². The van der Waals surface area contributed by atoms with Crippen molar-refractivity contribution >= 4 is 23.1 Å². The predicted molar refractivity (Wildman–Crippen MR) is 74.7 cm³/mol. The van der Waals surface area contributed by atoms with Gasteiger partial charge in [0, 0.05) is 18.7 Å². The highest BCUT2D eigenvalue weighted by Gasteiger charge is 2.23. The van der Waals surface area contributed by atoms with Crippen LogP contribution >= 0.6 is 11.6 Å². The second kappa shape index (κ2) is 5.16. The fourth-order valence-corrected chi connectivity index (χ4v) is 2.61. The first-order chi connectivity index (χ1) is 8.47. The zero-order valence-corrected chi connectivity index (χ0v) is 11.4. The third kappa shape index (κ3) is 2.76. The molecule has 1 saturated heterocycles. The molecular formula is C13H18ClN3O. The summed E-state index contributed by atoms with van der Waals surface area (Å²) in [5.74, 6) is 0.0344. The summed E-state index contributed by atoms with van der Waals surface area (Å²) in [6, 6.07) is 5.49. The van der Waals surface area contributed by atoms with Crippen molar-refractivity contribution in [2.45, 2.75) is 26.1 Å². The van der Waals surface area contributed by atoms with Crippen LogP contribution in [-0.4, -0.2) is 31.1 Å². The van der Waals surface area contributed by atoms with Crippen LogP contribution in [0.4, 0.5) is 5.69 Å². The van der Waals surface area contributed by atoms with E-state index in [-0.39, 0.29) is 18.0 Å². The molecule has 0 radical (unpaired) electrons. The Morgan fingerprint density at radius 3 is 2.50 bits per heavy atom. The van der Waals surface area contributed by atoms with Crippen LogP contribution in [0.5, 0.6) is 0 Å². The number of hydrogen-bond acceptors (Lipinski definition) is 3. The maximum Gasteiger partial charge on any atom is 0.122 e. The minimum absolute atomic E-state index is 0.0344. The summed E-state index contributed by atoms with van der Waals surface area (Å²) in [4.78, 5) is 2.21. The van der Waals surface area contributed by atoms with Gasteiger partial charge >= 0.3 is 0 Å². The highest BCUT2D eigenvalue weighted by molar-refractivity contribution is 6.33. The largest absolute Gasteiger partial charge is 0.384 e. The second-order valence-corrected chi connectivity index (χ2v) is 5.15. The van der Waals surface area contributed by atoms with E-state index >= 15 is 0 Å². The Labute approximate surface area is 112 Å². The Balaban J connectivity index is 2.25. The van der Waals surface area contributed by atoms with Crippen LogP contribution in [-0.2, 0) is 4.74 Å². The highest BCUT2D eigenvalue weighted by Crippen LogP contribution is 2.29. The topological polar surface area (TPSA) is 62.3 Å². The van der Waals surface area contributed by atoms with Gasteiger partial charge in [0.05, 0.1) is 22.9 Å². The maximum absolute atomic E-state index is 7.40. The third-order valence-electron chi connectivity index (χ3n) is 3.02. The van der Waals surface area contributed by atoms with Crippen LogP contribution in [0.25, 0.3) is 0 Å². The van der Waals surface area contributed by atoms with E-state index in [1.165, 1.54) is 0 Å². The normalized spacial score (nSPS) is 24.1. The van der Waals surface area contributed by atoms with Gasteiger partial charge in [0.25, 0.3) is 0 Å². The Hall–Kier alpha value is -1.26. The molecule has 5 heteroatoms. The summed E-state index contributed by atoms with van der Waals surface area (Å²) in [5.41, 5.74) is 7.07. The van der Waals surface area contributed by atoms with Crippen molar-refractivity contribution in [1.29, 1.82) is 5.41 Å². The quantitative estimate of drug-likeness (QED) is 0.638. The standard InChI is InChI=1S/C13H18ClN3O/c1-8-6-17(7-9(2)18-8)12-4-3-10(13(15)16)5-11(12)14/h3-5,8-9H,6-7H2,1-2H3,(H3,15,16). The number of nitrogens with two attached hydrogens (primary N) is 1. The number of halogens is 1. The summed E-state index contributed by atoms with van der Waals surface area (Å²) >= 11 is 6.27. The molecule has 98 valence electrons. The summed E-state index contributed by atoms with van der Waals surface area (Å²) < 4.78 is 5.70. The first-order valence-electron chi connectivity index (χ1n) is 6.01. The molecule has 0 spiro atoms. The van der Waals surface area contributed by atoms with Crippen molar-refractivity contribution in [1.82, 2.24) is 0 Å². The predicted octanol–water partition coefficient (Wildman–Crippen LogP) is 2.24. The van der Waals surface area contributed by atoms with Gasteiger partial charge < -0.3 is 15.4 Å². The summed E-state index contributed by atoms with van der Waals surface area (Å²) in [5, 5.41) is 8.03. The van der Waals surface area contributed by atoms with Gasteiger partial charge in [-0.05, 0) is 32.0 Å². The van der Waals surface area contributed by atoms with E-state index in [1.54, 1.807) is 6.07 Å². The Morgan fingerprint density at radius 1 is 1.39 bits per heavy atom. The number of benzene rings is 1. The average molecular weight is 268 g/mol. The number of nitrogens with one attached hydrogen (secondary N) is 1. The highest BCUT2D eigenvalue weighted by atomic mass is 35.5. The molecule has 1 heterocycles. The minimum atomic E-state index is 0.0344. The Bertz CT molecular complexity index is 454. The fraction of sp³-hybridized carbons (Fsp3) is 0.462. The average Bonchev–Trinajstić information content (AvgIpc) is 2.27. The Kier molecular flexibility index (Phi) is 3.78. The molecule has 2 rings (SSSR count). The van der Waals surface area contributed by atoms with Crippen LogP contribution in [0.3, 0.4) is 0 Å². The lowest BCUT2D eigenvalue weighted by Gasteiger charge is -2.37. The molecule has 1 aliphatic rings. The molecular weight excluding hydrogens is 250 g/mol. The van der Waals surface area contributed by atoms with E-state index in [2.05, 4.69) is 18.7 Å². The molecule has 1 aromatic rings. The number of anilines is 1. The molecule has 1 aromatic carbocycles. The lowest BCUT2D eigenvalue weighted by Crippen LogP contribution is -2.45. The molecule has 3 N–H and O–H groups in total. The minimum Gasteiger partial charge on any atom is -0.384 e.